The molecule has 73 heavy (non-hydrogen) atoms. The molecule has 0 bridgehead atoms. The van der Waals surface area contributed by atoms with Crippen LogP contribution in [0, 0.1) is 57.9 Å². The van der Waals surface area contributed by atoms with Crippen molar-refractivity contribution in [1.82, 2.24) is 20.6 Å². The highest BCUT2D eigenvalue weighted by Crippen LogP contribution is 2.43. The maximum Gasteiger partial charge on any atom is 0.214 e. The van der Waals surface area contributed by atoms with Crippen LogP contribution < -0.4 is 9.47 Å². The monoisotopic (exact) mass is 986 g/mol. The Kier molecular flexibility index (Phi) is 20.7. The number of hydrogen-bond donors (Lipinski definition) is 3. The lowest BCUT2D eigenvalue weighted by atomic mass is 9.70. The van der Waals surface area contributed by atoms with Gasteiger partial charge in [-0.3, -0.25) is 0 Å². The molecule has 0 aliphatic heterocycles. The number of ether oxygens (including phenoxy) is 2. The number of aryl methyl sites for hydroxylation is 5. The number of aromatic amines is 1. The summed E-state index contributed by atoms with van der Waals surface area (Å²) in [6.45, 7) is 26.4. The molecule has 0 radical (unpaired) electrons. The van der Waals surface area contributed by atoms with E-state index in [9.17, 15) is 10.2 Å². The molecule has 0 amide bonds. The summed E-state index contributed by atoms with van der Waals surface area (Å²) in [5, 5.41) is 35.7. The molecule has 388 valence electrons. The molecule has 0 saturated heterocycles. The molecule has 2 saturated carbocycles. The summed E-state index contributed by atoms with van der Waals surface area (Å²) in [6, 6.07) is 26.6. The third-order valence-corrected chi connectivity index (χ3v) is 16.0. The van der Waals surface area contributed by atoms with E-state index < -0.39 is 11.2 Å². The number of aromatic nitrogens is 4. The summed E-state index contributed by atoms with van der Waals surface area (Å²) >= 11 is 0. The molecule has 7 rings (SSSR count). The normalized spacial score (nSPS) is 15.1. The van der Waals surface area contributed by atoms with E-state index in [0.29, 0.717) is 19.8 Å². The van der Waals surface area contributed by atoms with Crippen molar-refractivity contribution in [3.05, 3.63) is 146 Å². The lowest BCUT2D eigenvalue weighted by Gasteiger charge is -2.34. The molecule has 1 heterocycles. The van der Waals surface area contributed by atoms with E-state index in [1.54, 1.807) is 0 Å². The maximum atomic E-state index is 10.8. The number of H-pyrrole nitrogens is 1. The molecule has 3 N–H and O–H groups in total. The van der Waals surface area contributed by atoms with Crippen LogP contribution in [0.3, 0.4) is 0 Å². The van der Waals surface area contributed by atoms with Crippen molar-refractivity contribution < 1.29 is 19.7 Å². The Balaban J connectivity index is 0.000000239. The van der Waals surface area contributed by atoms with Crippen LogP contribution in [-0.2, 0) is 17.3 Å². The molecule has 9 heteroatoms. The van der Waals surface area contributed by atoms with E-state index in [4.69, 9.17) is 16.0 Å². The highest BCUT2D eigenvalue weighted by Gasteiger charge is 2.34. The Morgan fingerprint density at radius 3 is 1.36 bits per heavy atom. The van der Waals surface area contributed by atoms with E-state index >= 15 is 0 Å². The predicted octanol–water partition coefficient (Wildman–Crippen LogP) is 13.9. The van der Waals surface area contributed by atoms with Crippen LogP contribution >= 0.6 is 0 Å². The summed E-state index contributed by atoms with van der Waals surface area (Å²) in [4.78, 5) is 3.41. The number of benzene rings is 4. The number of rotatable bonds is 19. The Hall–Kier alpha value is -5.92. The lowest BCUT2D eigenvalue weighted by molar-refractivity contribution is 0.0606. The van der Waals surface area contributed by atoms with Crippen LogP contribution in [0.5, 0.6) is 11.5 Å². The second kappa shape index (κ2) is 26.9. The van der Waals surface area contributed by atoms with Crippen molar-refractivity contribution >= 4 is 0 Å². The van der Waals surface area contributed by atoms with Gasteiger partial charge in [-0.05, 0) is 193 Å². The van der Waals surface area contributed by atoms with Gasteiger partial charge in [0.15, 0.2) is 5.82 Å². The summed E-state index contributed by atoms with van der Waals surface area (Å²) in [7, 11) is 0. The fourth-order valence-corrected chi connectivity index (χ4v) is 11.1. The van der Waals surface area contributed by atoms with Crippen molar-refractivity contribution in [2.45, 2.75) is 199 Å². The fourth-order valence-electron chi connectivity index (χ4n) is 11.1. The van der Waals surface area contributed by atoms with Gasteiger partial charge in [0.1, 0.15) is 22.7 Å². The average Bonchev–Trinajstić information content (AvgIpc) is 3.92. The number of nitrogens with one attached hydrogen (secondary N) is 1. The molecule has 5 aromatic rings. The molecule has 2 aliphatic carbocycles. The summed E-state index contributed by atoms with van der Waals surface area (Å²) in [5.41, 5.74) is 10.1. The van der Waals surface area contributed by atoms with E-state index in [0.717, 1.165) is 160 Å². The number of tetrazole rings is 1. The van der Waals surface area contributed by atoms with Crippen LogP contribution in [0.15, 0.2) is 72.8 Å². The maximum absolute atomic E-state index is 10.8. The van der Waals surface area contributed by atoms with Crippen molar-refractivity contribution in [1.29, 1.82) is 0 Å². The van der Waals surface area contributed by atoms with Crippen molar-refractivity contribution in [3.63, 3.8) is 0 Å². The molecule has 2 aliphatic rings. The van der Waals surface area contributed by atoms with E-state index in [-0.39, 0.29) is 10.8 Å². The fraction of sp³-hybridized carbons (Fsp3) is 0.531. The Labute approximate surface area is 438 Å². The molecular weight excluding hydrogens is 903 g/mol. The number of nitrogens with zero attached hydrogens (tertiary/aromatic N) is 4. The highest BCUT2D eigenvalue weighted by molar-refractivity contribution is 5.52. The number of unbranched alkanes of at least 4 members (excludes halogenated alkanes) is 2. The van der Waals surface area contributed by atoms with E-state index in [2.05, 4.69) is 177 Å². The Bertz CT molecular complexity index is 2710. The van der Waals surface area contributed by atoms with Crippen LogP contribution in [-0.4, -0.2) is 61.8 Å². The van der Waals surface area contributed by atoms with Crippen LogP contribution in [0.4, 0.5) is 0 Å². The van der Waals surface area contributed by atoms with E-state index in [1.807, 2.05) is 0 Å². The van der Waals surface area contributed by atoms with Crippen molar-refractivity contribution in [2.75, 3.05) is 19.8 Å². The van der Waals surface area contributed by atoms with Gasteiger partial charge in [0, 0.05) is 34.8 Å². The summed E-state index contributed by atoms with van der Waals surface area (Å²) in [6.07, 6.45) is 18.3. The molecule has 0 atom stereocenters. The minimum absolute atomic E-state index is 0.0722. The molecule has 0 unspecified atom stereocenters. The van der Waals surface area contributed by atoms with Gasteiger partial charge in [-0.2, -0.15) is 5.21 Å². The first-order chi connectivity index (χ1) is 35.3. The van der Waals surface area contributed by atoms with Crippen molar-refractivity contribution in [3.8, 4) is 35.2 Å². The summed E-state index contributed by atoms with van der Waals surface area (Å²) in [5.74, 6) is 15.6. The molecule has 1 aromatic heterocycles. The third-order valence-electron chi connectivity index (χ3n) is 16.0. The zero-order valence-corrected chi connectivity index (χ0v) is 45.5. The third kappa shape index (κ3) is 14.7. The smallest absolute Gasteiger partial charge is 0.214 e. The highest BCUT2D eigenvalue weighted by atomic mass is 16.5. The van der Waals surface area contributed by atoms with Crippen LogP contribution in [0.2, 0.25) is 0 Å². The Morgan fingerprint density at radius 1 is 0.575 bits per heavy atom. The molecule has 0 spiro atoms. The van der Waals surface area contributed by atoms with E-state index in [1.165, 1.54) is 35.1 Å². The van der Waals surface area contributed by atoms with Gasteiger partial charge in [0.05, 0.1) is 13.2 Å². The zero-order valence-electron chi connectivity index (χ0n) is 45.5. The Morgan fingerprint density at radius 2 is 0.986 bits per heavy atom. The van der Waals surface area contributed by atoms with Gasteiger partial charge in [-0.25, -0.2) is 6.57 Å². The van der Waals surface area contributed by atoms with Gasteiger partial charge in [0.25, 0.3) is 0 Å². The first-order valence-electron chi connectivity index (χ1n) is 27.5. The van der Waals surface area contributed by atoms with Gasteiger partial charge in [-0.15, -0.1) is 10.2 Å². The standard InChI is InChI=1S/C32H42N4O2.C32H41NO2/c1-5-32(6-2,27-14-13-26(24(3)22-27)17-20-31(37)18-9-7-10-19-31)28-15-16-29(25(4)23-28)38-21-11-8-12-30-33-35-36-34-30;1-6-32(7-2,29-15-16-30(26(4)24-29)35-22-12-11-21-33-5)28-14-13-27(25(3)23-28)17-20-31(34)18-9-8-10-19-31/h13-16,22-23,37H,5-12,18-19,21H2,1-4H3,(H,33,34,35,36);13-16,23-24,34H,6-12,18-19,21-22H2,1-4H3. The van der Waals surface area contributed by atoms with Crippen molar-refractivity contribution in [2.24, 2.45) is 0 Å². The molecule has 2 fully saturated rings. The number of hydrogen-bond acceptors (Lipinski definition) is 7. The first kappa shape index (κ1) is 56.4. The molecular formula is C64H83N5O4. The lowest BCUT2D eigenvalue weighted by Crippen LogP contribution is -2.29. The minimum atomic E-state index is -0.824. The second-order valence-electron chi connectivity index (χ2n) is 20.9. The topological polar surface area (TPSA) is 118 Å². The van der Waals surface area contributed by atoms with Crippen LogP contribution in [0.25, 0.3) is 4.85 Å². The predicted molar refractivity (Wildman–Crippen MR) is 296 cm³/mol. The van der Waals surface area contributed by atoms with Gasteiger partial charge in [-0.1, -0.05) is 118 Å². The SMILES string of the molecule is CCC(CC)(c1ccc(C#CC2(O)CCCCC2)c(C)c1)c1ccc(OCCCCc2nn[nH]n2)c(C)c1.[C-]#[N+]CCCCOc1ccc(C(CC)(CC)c2ccc(C#CC3(O)CCCCC3)c(C)c2)cc1C. The average molecular weight is 986 g/mol. The zero-order chi connectivity index (χ0) is 52.3. The van der Waals surface area contributed by atoms with Crippen LogP contribution in [0.1, 0.15) is 205 Å². The van der Waals surface area contributed by atoms with Gasteiger partial charge in [0.2, 0.25) is 6.54 Å². The first-order valence-corrected chi connectivity index (χ1v) is 27.5. The molecule has 4 aromatic carbocycles. The quantitative estimate of drug-likeness (QED) is 0.0428. The largest absolute Gasteiger partial charge is 0.493 e. The minimum Gasteiger partial charge on any atom is -0.493 e. The van der Waals surface area contributed by atoms with Gasteiger partial charge >= 0.3 is 0 Å². The second-order valence-corrected chi connectivity index (χ2v) is 20.9. The summed E-state index contributed by atoms with van der Waals surface area (Å²) < 4.78 is 12.1. The molecule has 9 nitrogen and oxygen atoms in total. The van der Waals surface area contributed by atoms with Gasteiger partial charge < -0.3 is 24.5 Å². The number of aliphatic hydroxyl groups is 2.